The molecule has 0 aromatic heterocycles. The summed E-state index contributed by atoms with van der Waals surface area (Å²) in [5.74, 6) is 0.436. The maximum absolute atomic E-state index is 13.1. The molecule has 2 aromatic rings. The summed E-state index contributed by atoms with van der Waals surface area (Å²) in [6.07, 6.45) is 3.42. The van der Waals surface area contributed by atoms with Crippen molar-refractivity contribution in [2.45, 2.75) is 58.6 Å². The lowest BCUT2D eigenvalue weighted by Crippen LogP contribution is -2.47. The van der Waals surface area contributed by atoms with E-state index in [0.717, 1.165) is 41.5 Å². The Kier molecular flexibility index (Phi) is 6.65. The number of hydrogen-bond donors (Lipinski definition) is 1. The van der Waals surface area contributed by atoms with E-state index in [1.165, 1.54) is 4.31 Å². The molecular formula is C24H32N2O4S. The highest BCUT2D eigenvalue weighted by atomic mass is 32.2. The molecule has 168 valence electrons. The van der Waals surface area contributed by atoms with Gasteiger partial charge in [0.1, 0.15) is 17.9 Å². The van der Waals surface area contributed by atoms with Gasteiger partial charge in [0.05, 0.1) is 18.0 Å². The lowest BCUT2D eigenvalue weighted by Gasteiger charge is -2.41. The zero-order chi connectivity index (χ0) is 22.8. The first-order valence-corrected chi connectivity index (χ1v) is 12.6. The number of rotatable bonds is 7. The van der Waals surface area contributed by atoms with Crippen molar-refractivity contribution >= 4 is 21.6 Å². The standard InChI is InChI=1S/C24H32N2O4S/c1-6-24(7-2)15-20(19-12-8-9-14-22(19)30-24)25-23(27)16-26(31(5,28)29)21-13-10-11-17(3)18(21)4/h8-14,20H,6-7,15-16H2,1-5H3,(H,25,27). The van der Waals surface area contributed by atoms with E-state index in [1.54, 1.807) is 12.1 Å². The van der Waals surface area contributed by atoms with Gasteiger partial charge in [-0.1, -0.05) is 44.2 Å². The van der Waals surface area contributed by atoms with Gasteiger partial charge < -0.3 is 10.1 Å². The van der Waals surface area contributed by atoms with Crippen LogP contribution < -0.4 is 14.4 Å². The second-order valence-electron chi connectivity index (χ2n) is 8.34. The monoisotopic (exact) mass is 444 g/mol. The minimum Gasteiger partial charge on any atom is -0.487 e. The molecule has 1 atom stereocenters. The number of ether oxygens (including phenoxy) is 1. The Morgan fingerprint density at radius 1 is 1.13 bits per heavy atom. The highest BCUT2D eigenvalue weighted by molar-refractivity contribution is 7.92. The van der Waals surface area contributed by atoms with Gasteiger partial charge in [0.25, 0.3) is 0 Å². The molecule has 31 heavy (non-hydrogen) atoms. The predicted molar refractivity (Wildman–Crippen MR) is 124 cm³/mol. The quantitative estimate of drug-likeness (QED) is 0.692. The molecule has 0 spiro atoms. The molecule has 1 heterocycles. The molecule has 0 fully saturated rings. The van der Waals surface area contributed by atoms with Crippen molar-refractivity contribution in [1.29, 1.82) is 0 Å². The summed E-state index contributed by atoms with van der Waals surface area (Å²) < 4.78 is 32.6. The maximum Gasteiger partial charge on any atom is 0.241 e. The minimum absolute atomic E-state index is 0.239. The molecule has 0 saturated heterocycles. The van der Waals surface area contributed by atoms with E-state index in [0.29, 0.717) is 12.1 Å². The van der Waals surface area contributed by atoms with Gasteiger partial charge in [0.2, 0.25) is 15.9 Å². The first kappa shape index (κ1) is 23.1. The number of carbonyl (C=O) groups is 1. The van der Waals surface area contributed by atoms with E-state index >= 15 is 0 Å². The summed E-state index contributed by atoms with van der Waals surface area (Å²) in [7, 11) is -3.64. The third kappa shape index (κ3) is 4.87. The van der Waals surface area contributed by atoms with Crippen LogP contribution in [0.1, 0.15) is 55.8 Å². The first-order chi connectivity index (χ1) is 14.6. The van der Waals surface area contributed by atoms with Crippen molar-refractivity contribution < 1.29 is 17.9 Å². The van der Waals surface area contributed by atoms with E-state index in [9.17, 15) is 13.2 Å². The van der Waals surface area contributed by atoms with Crippen LogP contribution in [0.5, 0.6) is 5.75 Å². The van der Waals surface area contributed by atoms with Gasteiger partial charge in [-0.05, 0) is 49.9 Å². The summed E-state index contributed by atoms with van der Waals surface area (Å²) in [4.78, 5) is 13.1. The topological polar surface area (TPSA) is 75.7 Å². The lowest BCUT2D eigenvalue weighted by molar-refractivity contribution is -0.121. The highest BCUT2D eigenvalue weighted by Gasteiger charge is 2.39. The van der Waals surface area contributed by atoms with Crippen molar-refractivity contribution in [2.24, 2.45) is 0 Å². The van der Waals surface area contributed by atoms with E-state index in [1.807, 2.05) is 44.2 Å². The summed E-state index contributed by atoms with van der Waals surface area (Å²) in [6.45, 7) is 7.69. The first-order valence-electron chi connectivity index (χ1n) is 10.7. The fraction of sp³-hybridized carbons (Fsp3) is 0.458. The number of aryl methyl sites for hydroxylation is 1. The summed E-state index contributed by atoms with van der Waals surface area (Å²) in [6, 6.07) is 12.9. The van der Waals surface area contributed by atoms with Gasteiger partial charge >= 0.3 is 0 Å². The maximum atomic E-state index is 13.1. The lowest BCUT2D eigenvalue weighted by atomic mass is 9.83. The predicted octanol–water partition coefficient (Wildman–Crippen LogP) is 4.27. The minimum atomic E-state index is -3.64. The molecule has 0 saturated carbocycles. The summed E-state index contributed by atoms with van der Waals surface area (Å²) >= 11 is 0. The number of benzene rings is 2. The van der Waals surface area contributed by atoms with E-state index in [4.69, 9.17) is 4.74 Å². The second kappa shape index (κ2) is 8.91. The molecule has 0 aliphatic carbocycles. The van der Waals surface area contributed by atoms with Crippen LogP contribution in [0.3, 0.4) is 0 Å². The van der Waals surface area contributed by atoms with Crippen LogP contribution in [0.15, 0.2) is 42.5 Å². The molecule has 1 amide bonds. The Morgan fingerprint density at radius 3 is 2.45 bits per heavy atom. The second-order valence-corrected chi connectivity index (χ2v) is 10.2. The van der Waals surface area contributed by atoms with Crippen LogP contribution >= 0.6 is 0 Å². The molecule has 1 aliphatic heterocycles. The Morgan fingerprint density at radius 2 is 1.81 bits per heavy atom. The number of nitrogens with zero attached hydrogens (tertiary/aromatic N) is 1. The molecule has 0 radical (unpaired) electrons. The number of amides is 1. The molecule has 0 bridgehead atoms. The molecule has 1 unspecified atom stereocenters. The van der Waals surface area contributed by atoms with Gasteiger partial charge in [-0.25, -0.2) is 8.42 Å². The average Bonchev–Trinajstić information content (AvgIpc) is 2.73. The highest BCUT2D eigenvalue weighted by Crippen LogP contribution is 2.42. The van der Waals surface area contributed by atoms with Crippen molar-refractivity contribution in [1.82, 2.24) is 5.32 Å². The van der Waals surface area contributed by atoms with Gasteiger partial charge in [-0.3, -0.25) is 9.10 Å². The van der Waals surface area contributed by atoms with Crippen molar-refractivity contribution in [3.05, 3.63) is 59.2 Å². The molecule has 3 rings (SSSR count). The third-order valence-electron chi connectivity index (χ3n) is 6.35. The number of nitrogens with one attached hydrogen (secondary N) is 1. The Balaban J connectivity index is 1.88. The van der Waals surface area contributed by atoms with Crippen molar-refractivity contribution in [3.63, 3.8) is 0 Å². The van der Waals surface area contributed by atoms with Gasteiger partial charge in [0, 0.05) is 12.0 Å². The van der Waals surface area contributed by atoms with Crippen LogP contribution in [-0.2, 0) is 14.8 Å². The van der Waals surface area contributed by atoms with E-state index < -0.39 is 10.0 Å². The number of sulfonamides is 1. The molecule has 1 N–H and O–H groups in total. The average molecular weight is 445 g/mol. The van der Waals surface area contributed by atoms with Crippen molar-refractivity contribution in [2.75, 3.05) is 17.1 Å². The number of para-hydroxylation sites is 1. The van der Waals surface area contributed by atoms with Crippen LogP contribution in [-0.4, -0.2) is 32.7 Å². The molecular weight excluding hydrogens is 412 g/mol. The Hall–Kier alpha value is -2.54. The van der Waals surface area contributed by atoms with Crippen LogP contribution in [0.25, 0.3) is 0 Å². The largest absolute Gasteiger partial charge is 0.487 e. The van der Waals surface area contributed by atoms with Crippen LogP contribution in [0, 0.1) is 13.8 Å². The Labute approximate surface area is 185 Å². The fourth-order valence-electron chi connectivity index (χ4n) is 4.19. The van der Waals surface area contributed by atoms with Crippen LogP contribution in [0.2, 0.25) is 0 Å². The third-order valence-corrected chi connectivity index (χ3v) is 7.48. The SMILES string of the molecule is CCC1(CC)CC(NC(=O)CN(c2cccc(C)c2C)S(C)(=O)=O)c2ccccc2O1. The van der Waals surface area contributed by atoms with E-state index in [-0.39, 0.29) is 24.1 Å². The molecule has 7 heteroatoms. The number of carbonyl (C=O) groups excluding carboxylic acids is 1. The summed E-state index contributed by atoms with van der Waals surface area (Å²) in [5.41, 5.74) is 2.91. The number of hydrogen-bond acceptors (Lipinski definition) is 4. The zero-order valence-corrected chi connectivity index (χ0v) is 19.8. The normalized spacial score (nSPS) is 17.4. The van der Waals surface area contributed by atoms with Gasteiger partial charge in [-0.2, -0.15) is 0 Å². The summed E-state index contributed by atoms with van der Waals surface area (Å²) in [5, 5.41) is 3.08. The number of fused-ring (bicyclic) bond motifs is 1. The van der Waals surface area contributed by atoms with E-state index in [2.05, 4.69) is 19.2 Å². The van der Waals surface area contributed by atoms with Gasteiger partial charge in [-0.15, -0.1) is 0 Å². The zero-order valence-electron chi connectivity index (χ0n) is 18.9. The van der Waals surface area contributed by atoms with Crippen molar-refractivity contribution in [3.8, 4) is 5.75 Å². The van der Waals surface area contributed by atoms with Gasteiger partial charge in [0.15, 0.2) is 0 Å². The Bertz CT molecular complexity index is 1060. The molecule has 1 aliphatic rings. The smallest absolute Gasteiger partial charge is 0.241 e. The molecule has 2 aromatic carbocycles. The van der Waals surface area contributed by atoms with Crippen LogP contribution in [0.4, 0.5) is 5.69 Å². The number of anilines is 1. The molecule has 6 nitrogen and oxygen atoms in total. The fourth-order valence-corrected chi connectivity index (χ4v) is 5.09.